The lowest BCUT2D eigenvalue weighted by atomic mass is 10.3. The third kappa shape index (κ3) is 1.54. The smallest absolute Gasteiger partial charge is 0.351 e. The number of aromatic nitrogens is 2. The van der Waals surface area contributed by atoms with Gasteiger partial charge in [0.1, 0.15) is 0 Å². The summed E-state index contributed by atoms with van der Waals surface area (Å²) < 4.78 is 8.18. The molecule has 4 nitrogen and oxygen atoms in total. The van der Waals surface area contributed by atoms with Crippen LogP contribution in [0.3, 0.4) is 0 Å². The maximum atomic E-state index is 11.0. The van der Waals surface area contributed by atoms with Gasteiger partial charge in [-0.25, -0.2) is 4.79 Å². The minimum absolute atomic E-state index is 0.350. The van der Waals surface area contributed by atoms with Crippen LogP contribution >= 0.6 is 11.5 Å². The van der Waals surface area contributed by atoms with Crippen LogP contribution in [0.4, 0.5) is 0 Å². The van der Waals surface area contributed by atoms with E-state index in [1.54, 1.807) is 0 Å². The van der Waals surface area contributed by atoms with Crippen molar-refractivity contribution in [2.75, 3.05) is 7.11 Å². The van der Waals surface area contributed by atoms with Gasteiger partial charge in [0.25, 0.3) is 0 Å². The topological polar surface area (TPSA) is 52.1 Å². The van der Waals surface area contributed by atoms with Crippen LogP contribution < -0.4 is 0 Å². The summed E-state index contributed by atoms with van der Waals surface area (Å²) in [5.74, 6) is -0.350. The van der Waals surface area contributed by atoms with Gasteiger partial charge >= 0.3 is 5.97 Å². The van der Waals surface area contributed by atoms with Crippen molar-refractivity contribution in [3.8, 4) is 0 Å². The third-order valence-corrected chi connectivity index (χ3v) is 2.01. The first-order valence-electron chi connectivity index (χ1n) is 3.19. The van der Waals surface area contributed by atoms with Crippen molar-refractivity contribution in [1.29, 1.82) is 0 Å². The molecule has 0 N–H and O–H groups in total. The van der Waals surface area contributed by atoms with Crippen molar-refractivity contribution in [2.24, 2.45) is 0 Å². The molecular formula is C6H8N2O2S. The molecule has 5 heteroatoms. The molecule has 0 unspecified atom stereocenters. The quantitative estimate of drug-likeness (QED) is 0.621. The number of esters is 1. The van der Waals surface area contributed by atoms with Gasteiger partial charge in [0.05, 0.1) is 12.8 Å². The van der Waals surface area contributed by atoms with E-state index in [2.05, 4.69) is 14.3 Å². The first-order valence-corrected chi connectivity index (χ1v) is 3.96. The van der Waals surface area contributed by atoms with Gasteiger partial charge < -0.3 is 4.74 Å². The first-order chi connectivity index (χ1) is 5.29. The van der Waals surface area contributed by atoms with Gasteiger partial charge in [0.2, 0.25) is 0 Å². The number of hydrogen-bond donors (Lipinski definition) is 0. The lowest BCUT2D eigenvalue weighted by Crippen LogP contribution is -2.01. The molecule has 1 aromatic heterocycles. The number of ether oxygens (including phenoxy) is 1. The molecule has 0 fully saturated rings. The van der Waals surface area contributed by atoms with Crippen LogP contribution in [0.15, 0.2) is 0 Å². The molecule has 0 saturated heterocycles. The van der Waals surface area contributed by atoms with Crippen LogP contribution in [0.1, 0.15) is 22.3 Å². The lowest BCUT2D eigenvalue weighted by Gasteiger charge is -1.93. The second-order valence-corrected chi connectivity index (χ2v) is 2.65. The van der Waals surface area contributed by atoms with E-state index in [4.69, 9.17) is 0 Å². The molecule has 0 saturated carbocycles. The van der Waals surface area contributed by atoms with Crippen molar-refractivity contribution in [1.82, 2.24) is 9.59 Å². The molecular weight excluding hydrogens is 164 g/mol. The summed E-state index contributed by atoms with van der Waals surface area (Å²) in [6.45, 7) is 1.92. The maximum Gasteiger partial charge on any atom is 0.351 e. The molecule has 1 heterocycles. The van der Waals surface area contributed by atoms with Crippen LogP contribution in [0.5, 0.6) is 0 Å². The van der Waals surface area contributed by atoms with Crippen molar-refractivity contribution >= 4 is 17.5 Å². The lowest BCUT2D eigenvalue weighted by molar-refractivity contribution is 0.0605. The van der Waals surface area contributed by atoms with Gasteiger partial charge in [0.15, 0.2) is 4.88 Å². The highest BCUT2D eigenvalue weighted by Crippen LogP contribution is 2.11. The van der Waals surface area contributed by atoms with Crippen LogP contribution in [0.25, 0.3) is 0 Å². The molecule has 0 spiro atoms. The molecule has 0 aliphatic rings. The van der Waals surface area contributed by atoms with Crippen molar-refractivity contribution < 1.29 is 9.53 Å². The van der Waals surface area contributed by atoms with Crippen LogP contribution in [0.2, 0.25) is 0 Å². The minimum atomic E-state index is -0.350. The summed E-state index contributed by atoms with van der Waals surface area (Å²) >= 11 is 1.07. The highest BCUT2D eigenvalue weighted by molar-refractivity contribution is 7.07. The molecule has 0 amide bonds. The largest absolute Gasteiger partial charge is 0.465 e. The third-order valence-electron chi connectivity index (χ3n) is 1.26. The SMILES string of the molecule is CCc1nnsc1C(=O)OC. The minimum Gasteiger partial charge on any atom is -0.465 e. The number of carbonyl (C=O) groups is 1. The average molecular weight is 172 g/mol. The molecule has 11 heavy (non-hydrogen) atoms. The fourth-order valence-corrected chi connectivity index (χ4v) is 1.36. The van der Waals surface area contributed by atoms with E-state index in [0.717, 1.165) is 11.5 Å². The molecule has 0 atom stereocenters. The number of methoxy groups -OCH3 is 1. The fraction of sp³-hybridized carbons (Fsp3) is 0.500. The summed E-state index contributed by atoms with van der Waals surface area (Å²) in [5.41, 5.74) is 0.710. The molecule has 0 radical (unpaired) electrons. The Bertz CT molecular complexity index is 259. The number of carbonyl (C=O) groups excluding carboxylic acids is 1. The molecule has 0 aliphatic heterocycles. The van der Waals surface area contributed by atoms with E-state index in [1.165, 1.54) is 7.11 Å². The van der Waals surface area contributed by atoms with E-state index >= 15 is 0 Å². The normalized spacial score (nSPS) is 9.64. The van der Waals surface area contributed by atoms with E-state index in [1.807, 2.05) is 6.92 Å². The molecule has 0 aliphatic carbocycles. The molecule has 1 rings (SSSR count). The van der Waals surface area contributed by atoms with E-state index < -0.39 is 0 Å². The van der Waals surface area contributed by atoms with Gasteiger partial charge in [-0.2, -0.15) is 0 Å². The number of hydrogen-bond acceptors (Lipinski definition) is 5. The van der Waals surface area contributed by atoms with Crippen LogP contribution in [-0.4, -0.2) is 22.7 Å². The predicted octanol–water partition coefficient (Wildman–Crippen LogP) is 0.887. The van der Waals surface area contributed by atoms with E-state index in [0.29, 0.717) is 17.0 Å². The van der Waals surface area contributed by atoms with Gasteiger partial charge in [-0.3, -0.25) is 0 Å². The second-order valence-electron chi connectivity index (χ2n) is 1.89. The Labute approximate surface area is 68.4 Å². The maximum absolute atomic E-state index is 11.0. The van der Waals surface area contributed by atoms with Gasteiger partial charge in [0, 0.05) is 0 Å². The average Bonchev–Trinajstić information content (AvgIpc) is 2.50. The first kappa shape index (κ1) is 8.13. The molecule has 0 aromatic carbocycles. The Morgan fingerprint density at radius 1 is 1.73 bits per heavy atom. The van der Waals surface area contributed by atoms with E-state index in [-0.39, 0.29) is 5.97 Å². The number of nitrogens with zero attached hydrogens (tertiary/aromatic N) is 2. The standard InChI is InChI=1S/C6H8N2O2S/c1-3-4-5(6(9)10-2)11-8-7-4/h3H2,1-2H3. The molecule has 60 valence electrons. The Morgan fingerprint density at radius 2 is 2.45 bits per heavy atom. The highest BCUT2D eigenvalue weighted by atomic mass is 32.1. The summed E-state index contributed by atoms with van der Waals surface area (Å²) in [6, 6.07) is 0. The molecule has 1 aromatic rings. The Morgan fingerprint density at radius 3 is 3.00 bits per heavy atom. The van der Waals surface area contributed by atoms with E-state index in [9.17, 15) is 4.79 Å². The van der Waals surface area contributed by atoms with Gasteiger partial charge in [-0.05, 0) is 18.0 Å². The Kier molecular flexibility index (Phi) is 2.53. The zero-order valence-corrected chi connectivity index (χ0v) is 7.14. The zero-order valence-electron chi connectivity index (χ0n) is 6.33. The summed E-state index contributed by atoms with van der Waals surface area (Å²) in [4.78, 5) is 11.5. The Balaban J connectivity index is 2.92. The fourth-order valence-electron chi connectivity index (χ4n) is 0.688. The van der Waals surface area contributed by atoms with Crippen LogP contribution in [-0.2, 0) is 11.2 Å². The summed E-state index contributed by atoms with van der Waals surface area (Å²) in [6.07, 6.45) is 0.709. The predicted molar refractivity (Wildman–Crippen MR) is 40.6 cm³/mol. The van der Waals surface area contributed by atoms with Gasteiger partial charge in [-0.1, -0.05) is 11.4 Å². The van der Waals surface area contributed by atoms with Crippen molar-refractivity contribution in [2.45, 2.75) is 13.3 Å². The number of rotatable bonds is 2. The van der Waals surface area contributed by atoms with Crippen molar-refractivity contribution in [3.63, 3.8) is 0 Å². The second kappa shape index (κ2) is 3.43. The zero-order chi connectivity index (χ0) is 8.27. The summed E-state index contributed by atoms with van der Waals surface area (Å²) in [5, 5.41) is 3.77. The monoisotopic (exact) mass is 172 g/mol. The van der Waals surface area contributed by atoms with Crippen molar-refractivity contribution in [3.05, 3.63) is 10.6 Å². The summed E-state index contributed by atoms with van der Waals surface area (Å²) in [7, 11) is 1.35. The highest BCUT2D eigenvalue weighted by Gasteiger charge is 2.14. The van der Waals surface area contributed by atoms with Crippen LogP contribution in [0, 0.1) is 0 Å². The van der Waals surface area contributed by atoms with Gasteiger partial charge in [-0.15, -0.1) is 5.10 Å². The number of aryl methyl sites for hydroxylation is 1. The Hall–Kier alpha value is -0.970. The molecule has 0 bridgehead atoms.